The standard InChI is InChI=1S/C12H12N2O3/c1-7-4-9-10(16-3-2-15-9)5-8(7)11-6-14-12(13)17-11/h4-6H,2-3H2,1H3,(H2,13,14). The summed E-state index contributed by atoms with van der Waals surface area (Å²) >= 11 is 0. The highest BCUT2D eigenvalue weighted by atomic mass is 16.6. The van der Waals surface area contributed by atoms with E-state index in [2.05, 4.69) is 4.98 Å². The summed E-state index contributed by atoms with van der Waals surface area (Å²) in [6.45, 7) is 3.13. The lowest BCUT2D eigenvalue weighted by molar-refractivity contribution is 0.171. The summed E-state index contributed by atoms with van der Waals surface area (Å²) in [5.74, 6) is 2.13. The third kappa shape index (κ3) is 1.69. The normalized spacial score (nSPS) is 13.7. The number of aromatic nitrogens is 1. The van der Waals surface area contributed by atoms with Crippen molar-refractivity contribution in [2.24, 2.45) is 0 Å². The number of nitrogen functional groups attached to an aromatic ring is 1. The average Bonchev–Trinajstić information content (AvgIpc) is 2.75. The Bertz CT molecular complexity index is 563. The van der Waals surface area contributed by atoms with Gasteiger partial charge in [-0.05, 0) is 24.6 Å². The minimum absolute atomic E-state index is 0.161. The molecule has 5 heteroatoms. The van der Waals surface area contributed by atoms with Crippen LogP contribution in [0.5, 0.6) is 11.5 Å². The van der Waals surface area contributed by atoms with Crippen LogP contribution in [0.15, 0.2) is 22.7 Å². The zero-order valence-electron chi connectivity index (χ0n) is 9.40. The van der Waals surface area contributed by atoms with E-state index >= 15 is 0 Å². The first-order valence-electron chi connectivity index (χ1n) is 5.36. The van der Waals surface area contributed by atoms with E-state index in [1.165, 1.54) is 0 Å². The van der Waals surface area contributed by atoms with Crippen molar-refractivity contribution in [3.63, 3.8) is 0 Å². The molecule has 0 unspecified atom stereocenters. The maximum absolute atomic E-state index is 5.53. The Morgan fingerprint density at radius 2 is 1.88 bits per heavy atom. The molecule has 1 aliphatic rings. The van der Waals surface area contributed by atoms with Crippen LogP contribution in [-0.4, -0.2) is 18.2 Å². The van der Waals surface area contributed by atoms with Gasteiger partial charge in [0.2, 0.25) is 0 Å². The summed E-state index contributed by atoms with van der Waals surface area (Å²) in [7, 11) is 0. The molecule has 0 radical (unpaired) electrons. The molecule has 0 saturated heterocycles. The highest BCUT2D eigenvalue weighted by Crippen LogP contribution is 2.37. The van der Waals surface area contributed by atoms with Crippen molar-refractivity contribution in [3.05, 3.63) is 23.9 Å². The van der Waals surface area contributed by atoms with E-state index < -0.39 is 0 Å². The predicted molar refractivity (Wildman–Crippen MR) is 62.1 cm³/mol. The van der Waals surface area contributed by atoms with Gasteiger partial charge >= 0.3 is 0 Å². The zero-order chi connectivity index (χ0) is 11.8. The lowest BCUT2D eigenvalue weighted by atomic mass is 10.1. The molecule has 1 aromatic heterocycles. The van der Waals surface area contributed by atoms with E-state index in [4.69, 9.17) is 19.6 Å². The van der Waals surface area contributed by atoms with Gasteiger partial charge in [-0.15, -0.1) is 0 Å². The van der Waals surface area contributed by atoms with Crippen molar-refractivity contribution in [2.75, 3.05) is 18.9 Å². The second-order valence-corrected chi connectivity index (χ2v) is 3.87. The van der Waals surface area contributed by atoms with Gasteiger partial charge in [0.25, 0.3) is 6.01 Å². The predicted octanol–water partition coefficient (Wildman–Crippen LogP) is 2.00. The Hall–Kier alpha value is -2.17. The van der Waals surface area contributed by atoms with Gasteiger partial charge in [0, 0.05) is 5.56 Å². The van der Waals surface area contributed by atoms with Gasteiger partial charge in [0.1, 0.15) is 13.2 Å². The van der Waals surface area contributed by atoms with Crippen molar-refractivity contribution < 1.29 is 13.9 Å². The fourth-order valence-corrected chi connectivity index (χ4v) is 1.87. The maximum atomic E-state index is 5.53. The Morgan fingerprint density at radius 1 is 1.18 bits per heavy atom. The Kier molecular flexibility index (Phi) is 2.18. The van der Waals surface area contributed by atoms with Crippen LogP contribution >= 0.6 is 0 Å². The molecule has 0 fully saturated rings. The van der Waals surface area contributed by atoms with Crippen molar-refractivity contribution in [2.45, 2.75) is 6.92 Å². The van der Waals surface area contributed by atoms with E-state index in [9.17, 15) is 0 Å². The number of rotatable bonds is 1. The summed E-state index contributed by atoms with van der Waals surface area (Å²) in [4.78, 5) is 3.89. The molecular formula is C12H12N2O3. The summed E-state index contributed by atoms with van der Waals surface area (Å²) in [6, 6.07) is 3.99. The monoisotopic (exact) mass is 232 g/mol. The van der Waals surface area contributed by atoms with Crippen LogP contribution in [0, 0.1) is 6.92 Å². The molecule has 0 amide bonds. The molecule has 3 rings (SSSR count). The number of oxazole rings is 1. The van der Waals surface area contributed by atoms with Gasteiger partial charge in [0.15, 0.2) is 17.3 Å². The fraction of sp³-hybridized carbons (Fsp3) is 0.250. The highest BCUT2D eigenvalue weighted by molar-refractivity contribution is 5.67. The number of nitrogens with two attached hydrogens (primary N) is 1. The van der Waals surface area contributed by atoms with Crippen LogP contribution in [0.25, 0.3) is 11.3 Å². The first-order valence-corrected chi connectivity index (χ1v) is 5.36. The van der Waals surface area contributed by atoms with E-state index in [1.807, 2.05) is 19.1 Å². The first kappa shape index (κ1) is 10.0. The second kappa shape index (κ2) is 3.69. The van der Waals surface area contributed by atoms with E-state index in [-0.39, 0.29) is 6.01 Å². The number of hydrogen-bond donors (Lipinski definition) is 1. The van der Waals surface area contributed by atoms with Crippen molar-refractivity contribution in [3.8, 4) is 22.8 Å². The lowest BCUT2D eigenvalue weighted by Crippen LogP contribution is -2.15. The quantitative estimate of drug-likeness (QED) is 0.814. The molecule has 0 saturated carbocycles. The maximum Gasteiger partial charge on any atom is 0.292 e. The highest BCUT2D eigenvalue weighted by Gasteiger charge is 2.16. The number of nitrogens with zero attached hydrogens (tertiary/aromatic N) is 1. The zero-order valence-corrected chi connectivity index (χ0v) is 9.40. The van der Waals surface area contributed by atoms with Gasteiger partial charge in [-0.2, -0.15) is 0 Å². The van der Waals surface area contributed by atoms with Gasteiger partial charge in [-0.3, -0.25) is 0 Å². The summed E-state index contributed by atoms with van der Waals surface area (Å²) in [6.07, 6.45) is 1.60. The van der Waals surface area contributed by atoms with Crippen LogP contribution in [-0.2, 0) is 0 Å². The number of fused-ring (bicyclic) bond motifs is 1. The largest absolute Gasteiger partial charge is 0.486 e. The lowest BCUT2D eigenvalue weighted by Gasteiger charge is -2.19. The molecular weight excluding hydrogens is 220 g/mol. The minimum Gasteiger partial charge on any atom is -0.486 e. The number of ether oxygens (including phenoxy) is 2. The van der Waals surface area contributed by atoms with Crippen LogP contribution < -0.4 is 15.2 Å². The number of benzene rings is 1. The molecule has 2 aromatic rings. The number of anilines is 1. The summed E-state index contributed by atoms with van der Waals surface area (Å²) < 4.78 is 16.3. The van der Waals surface area contributed by atoms with Crippen molar-refractivity contribution >= 4 is 6.01 Å². The fourth-order valence-electron chi connectivity index (χ4n) is 1.87. The van der Waals surface area contributed by atoms with Gasteiger partial charge in [-0.25, -0.2) is 4.98 Å². The van der Waals surface area contributed by atoms with Crippen LogP contribution in [0.1, 0.15) is 5.56 Å². The molecule has 0 bridgehead atoms. The molecule has 0 aliphatic carbocycles. The Labute approximate surface area is 98.2 Å². The molecule has 88 valence electrons. The van der Waals surface area contributed by atoms with E-state index in [0.29, 0.717) is 19.0 Å². The van der Waals surface area contributed by atoms with E-state index in [1.54, 1.807) is 6.20 Å². The Morgan fingerprint density at radius 3 is 2.53 bits per heavy atom. The van der Waals surface area contributed by atoms with Crippen LogP contribution in [0.2, 0.25) is 0 Å². The van der Waals surface area contributed by atoms with Crippen LogP contribution in [0.4, 0.5) is 6.01 Å². The third-order valence-electron chi connectivity index (χ3n) is 2.68. The summed E-state index contributed by atoms with van der Waals surface area (Å²) in [5.41, 5.74) is 7.42. The Balaban J connectivity index is 2.11. The average molecular weight is 232 g/mol. The summed E-state index contributed by atoms with van der Waals surface area (Å²) in [5, 5.41) is 0. The minimum atomic E-state index is 0.161. The van der Waals surface area contributed by atoms with Gasteiger partial charge in [-0.1, -0.05) is 0 Å². The number of hydrogen-bond acceptors (Lipinski definition) is 5. The third-order valence-corrected chi connectivity index (χ3v) is 2.68. The van der Waals surface area contributed by atoms with Crippen LogP contribution in [0.3, 0.4) is 0 Å². The second-order valence-electron chi connectivity index (χ2n) is 3.87. The molecule has 0 atom stereocenters. The molecule has 1 aromatic carbocycles. The molecule has 1 aliphatic heterocycles. The van der Waals surface area contributed by atoms with E-state index in [0.717, 1.165) is 22.6 Å². The smallest absolute Gasteiger partial charge is 0.292 e. The molecule has 2 heterocycles. The first-order chi connectivity index (χ1) is 8.24. The van der Waals surface area contributed by atoms with Crippen molar-refractivity contribution in [1.29, 1.82) is 0 Å². The molecule has 17 heavy (non-hydrogen) atoms. The van der Waals surface area contributed by atoms with Gasteiger partial charge < -0.3 is 19.6 Å². The molecule has 2 N–H and O–H groups in total. The topological polar surface area (TPSA) is 70.5 Å². The number of aryl methyl sites for hydroxylation is 1. The van der Waals surface area contributed by atoms with Crippen molar-refractivity contribution in [1.82, 2.24) is 4.98 Å². The molecule has 0 spiro atoms. The SMILES string of the molecule is Cc1cc2c(cc1-c1cnc(N)o1)OCCO2. The van der Waals surface area contributed by atoms with Gasteiger partial charge in [0.05, 0.1) is 6.20 Å². The molecule has 5 nitrogen and oxygen atoms in total.